The normalized spacial score (nSPS) is 22.5. The van der Waals surface area contributed by atoms with Crippen molar-refractivity contribution in [3.63, 3.8) is 0 Å². The monoisotopic (exact) mass is 392 g/mol. The van der Waals surface area contributed by atoms with E-state index in [2.05, 4.69) is 22.8 Å². The van der Waals surface area contributed by atoms with Gasteiger partial charge in [0.05, 0.1) is 12.0 Å². The van der Waals surface area contributed by atoms with Crippen molar-refractivity contribution in [2.75, 3.05) is 13.1 Å². The summed E-state index contributed by atoms with van der Waals surface area (Å²) >= 11 is 1.72. The van der Waals surface area contributed by atoms with Crippen molar-refractivity contribution in [3.8, 4) is 0 Å². The van der Waals surface area contributed by atoms with E-state index in [0.29, 0.717) is 19.0 Å². The molecule has 5 nitrogen and oxygen atoms in total. The Morgan fingerprint density at radius 3 is 2.59 bits per heavy atom. The van der Waals surface area contributed by atoms with Gasteiger partial charge in [0, 0.05) is 18.0 Å². The van der Waals surface area contributed by atoms with Crippen LogP contribution in [0.4, 0.5) is 4.79 Å². The number of rotatable bonds is 4. The molecule has 1 aliphatic carbocycles. The maximum atomic E-state index is 13.0. The number of carbonyl (C=O) groups excluding carboxylic acids is 2. The molecule has 2 amide bonds. The van der Waals surface area contributed by atoms with Gasteiger partial charge in [-0.05, 0) is 63.8 Å². The number of piperidine rings is 1. The van der Waals surface area contributed by atoms with E-state index >= 15 is 0 Å². The van der Waals surface area contributed by atoms with Crippen molar-refractivity contribution in [2.45, 2.75) is 70.9 Å². The first-order valence-corrected chi connectivity index (χ1v) is 11.0. The Balaban J connectivity index is 1.62. The first-order chi connectivity index (χ1) is 12.8. The molecule has 2 aliphatic rings. The van der Waals surface area contributed by atoms with Gasteiger partial charge in [-0.15, -0.1) is 11.3 Å². The van der Waals surface area contributed by atoms with Gasteiger partial charge >= 0.3 is 6.09 Å². The highest BCUT2D eigenvalue weighted by molar-refractivity contribution is 7.10. The number of hydrogen-bond donors (Lipinski definition) is 1. The summed E-state index contributed by atoms with van der Waals surface area (Å²) in [6.07, 6.45) is 6.20. The summed E-state index contributed by atoms with van der Waals surface area (Å²) in [5.74, 6) is 0.446. The van der Waals surface area contributed by atoms with Crippen molar-refractivity contribution in [2.24, 2.45) is 11.8 Å². The summed E-state index contributed by atoms with van der Waals surface area (Å²) in [6, 6.07) is 4.29. The van der Waals surface area contributed by atoms with Crippen molar-refractivity contribution in [1.29, 1.82) is 0 Å². The summed E-state index contributed by atoms with van der Waals surface area (Å²) < 4.78 is 5.48. The van der Waals surface area contributed by atoms with E-state index in [4.69, 9.17) is 4.74 Å². The largest absolute Gasteiger partial charge is 0.444 e. The van der Waals surface area contributed by atoms with Gasteiger partial charge in [0.15, 0.2) is 0 Å². The van der Waals surface area contributed by atoms with Gasteiger partial charge in [0.2, 0.25) is 5.91 Å². The van der Waals surface area contributed by atoms with Crippen LogP contribution in [0.2, 0.25) is 0 Å². The molecule has 0 unspecified atom stereocenters. The van der Waals surface area contributed by atoms with Crippen LogP contribution in [0.3, 0.4) is 0 Å². The molecule has 1 aliphatic heterocycles. The number of hydrogen-bond acceptors (Lipinski definition) is 4. The molecule has 150 valence electrons. The maximum Gasteiger partial charge on any atom is 0.410 e. The first kappa shape index (κ1) is 20.2. The Morgan fingerprint density at radius 1 is 1.22 bits per heavy atom. The van der Waals surface area contributed by atoms with Gasteiger partial charge in [-0.1, -0.05) is 18.9 Å². The summed E-state index contributed by atoms with van der Waals surface area (Å²) in [7, 11) is 0. The minimum atomic E-state index is -0.515. The molecular formula is C21H32N2O3S. The first-order valence-electron chi connectivity index (χ1n) is 10.2. The average molecular weight is 393 g/mol. The van der Waals surface area contributed by atoms with Gasteiger partial charge in [-0.25, -0.2) is 4.79 Å². The van der Waals surface area contributed by atoms with Crippen molar-refractivity contribution < 1.29 is 14.3 Å². The Kier molecular flexibility index (Phi) is 6.45. The molecule has 0 radical (unpaired) electrons. The van der Waals surface area contributed by atoms with Gasteiger partial charge < -0.3 is 15.0 Å². The van der Waals surface area contributed by atoms with Crippen molar-refractivity contribution in [1.82, 2.24) is 10.2 Å². The molecule has 2 atom stereocenters. The van der Waals surface area contributed by atoms with Crippen LogP contribution in [-0.4, -0.2) is 35.6 Å². The van der Waals surface area contributed by atoms with Gasteiger partial charge in [-0.3, -0.25) is 4.79 Å². The molecule has 27 heavy (non-hydrogen) atoms. The van der Waals surface area contributed by atoms with Crippen LogP contribution < -0.4 is 5.32 Å². The zero-order valence-electron chi connectivity index (χ0n) is 16.7. The number of amides is 2. The lowest BCUT2D eigenvalue weighted by atomic mass is 9.93. The SMILES string of the molecule is CC(C)(C)OC(=O)N1CCC[C@@H](C(=O)N[C@H](c2cccs2)C2CCCC2)C1. The highest BCUT2D eigenvalue weighted by Crippen LogP contribution is 2.37. The highest BCUT2D eigenvalue weighted by atomic mass is 32.1. The predicted octanol–water partition coefficient (Wildman–Crippen LogP) is 4.74. The third kappa shape index (κ3) is 5.47. The van der Waals surface area contributed by atoms with Gasteiger partial charge in [0.1, 0.15) is 5.60 Å². The topological polar surface area (TPSA) is 58.6 Å². The van der Waals surface area contributed by atoms with Crippen LogP contribution >= 0.6 is 11.3 Å². The Labute approximate surface area is 166 Å². The molecule has 1 aromatic heterocycles. The zero-order valence-corrected chi connectivity index (χ0v) is 17.5. The molecule has 1 aromatic rings. The number of ether oxygens (including phenoxy) is 1. The molecule has 2 fully saturated rings. The zero-order chi connectivity index (χ0) is 19.4. The van der Waals surface area contributed by atoms with E-state index in [0.717, 1.165) is 12.8 Å². The lowest BCUT2D eigenvalue weighted by molar-refractivity contribution is -0.127. The third-order valence-electron chi connectivity index (χ3n) is 5.46. The molecule has 2 heterocycles. The fourth-order valence-electron chi connectivity index (χ4n) is 4.13. The second-order valence-corrected chi connectivity index (χ2v) is 9.79. The third-order valence-corrected chi connectivity index (χ3v) is 6.42. The van der Waals surface area contributed by atoms with Crippen LogP contribution in [-0.2, 0) is 9.53 Å². The van der Waals surface area contributed by atoms with E-state index in [9.17, 15) is 9.59 Å². The molecule has 0 aromatic carbocycles. The number of thiophene rings is 1. The van der Waals surface area contributed by atoms with Crippen LogP contribution in [0.1, 0.15) is 70.2 Å². The van der Waals surface area contributed by atoms with Crippen LogP contribution in [0, 0.1) is 11.8 Å². The molecule has 1 N–H and O–H groups in total. The van der Waals surface area contributed by atoms with Crippen molar-refractivity contribution in [3.05, 3.63) is 22.4 Å². The molecule has 6 heteroatoms. The Hall–Kier alpha value is -1.56. The predicted molar refractivity (Wildman–Crippen MR) is 108 cm³/mol. The number of likely N-dealkylation sites (tertiary alicyclic amines) is 1. The highest BCUT2D eigenvalue weighted by Gasteiger charge is 2.34. The summed E-state index contributed by atoms with van der Waals surface area (Å²) in [4.78, 5) is 28.3. The molecule has 0 spiro atoms. The summed E-state index contributed by atoms with van der Waals surface area (Å²) in [5, 5.41) is 5.41. The van der Waals surface area contributed by atoms with E-state index in [1.807, 2.05) is 20.8 Å². The maximum absolute atomic E-state index is 13.0. The van der Waals surface area contributed by atoms with Crippen LogP contribution in [0.25, 0.3) is 0 Å². The summed E-state index contributed by atoms with van der Waals surface area (Å²) in [5.41, 5.74) is -0.515. The van der Waals surface area contributed by atoms with Gasteiger partial charge in [-0.2, -0.15) is 0 Å². The van der Waals surface area contributed by atoms with E-state index < -0.39 is 5.60 Å². The van der Waals surface area contributed by atoms with E-state index in [1.165, 1.54) is 30.6 Å². The molecule has 1 saturated carbocycles. The molecular weight excluding hydrogens is 360 g/mol. The number of nitrogens with one attached hydrogen (secondary N) is 1. The lowest BCUT2D eigenvalue weighted by Gasteiger charge is -2.34. The number of carbonyl (C=O) groups is 2. The van der Waals surface area contributed by atoms with Gasteiger partial charge in [0.25, 0.3) is 0 Å². The van der Waals surface area contributed by atoms with E-state index in [-0.39, 0.29) is 24.0 Å². The van der Waals surface area contributed by atoms with Crippen molar-refractivity contribution >= 4 is 23.3 Å². The minimum Gasteiger partial charge on any atom is -0.444 e. The summed E-state index contributed by atoms with van der Waals surface area (Å²) in [6.45, 7) is 6.71. The second-order valence-electron chi connectivity index (χ2n) is 8.81. The molecule has 3 rings (SSSR count). The quantitative estimate of drug-likeness (QED) is 0.805. The lowest BCUT2D eigenvalue weighted by Crippen LogP contribution is -2.48. The molecule has 0 bridgehead atoms. The van der Waals surface area contributed by atoms with Crippen LogP contribution in [0.15, 0.2) is 17.5 Å². The average Bonchev–Trinajstić information content (AvgIpc) is 3.32. The second kappa shape index (κ2) is 8.63. The Bertz CT molecular complexity index is 632. The number of nitrogens with zero attached hydrogens (tertiary/aromatic N) is 1. The van der Waals surface area contributed by atoms with E-state index in [1.54, 1.807) is 16.2 Å². The molecule has 1 saturated heterocycles. The fraction of sp³-hybridized carbons (Fsp3) is 0.714. The fourth-order valence-corrected chi connectivity index (χ4v) is 5.00. The smallest absolute Gasteiger partial charge is 0.410 e. The standard InChI is InChI=1S/C21H32N2O3S/c1-21(2,3)26-20(25)23-12-6-10-16(14-23)19(24)22-18(15-8-4-5-9-15)17-11-7-13-27-17/h7,11,13,15-16,18H,4-6,8-10,12,14H2,1-3H3,(H,22,24)/t16-,18+/m1/s1. The van der Waals surface area contributed by atoms with Crippen LogP contribution in [0.5, 0.6) is 0 Å². The minimum absolute atomic E-state index is 0.0774. The Morgan fingerprint density at radius 2 is 1.96 bits per heavy atom.